The smallest absolute Gasteiger partial charge is 0.327 e. The van der Waals surface area contributed by atoms with Gasteiger partial charge in [-0.1, -0.05) is 20.8 Å². The highest BCUT2D eigenvalue weighted by Gasteiger charge is 2.53. The number of nitrogens with one attached hydrogen (secondary N) is 1. The van der Waals surface area contributed by atoms with Crippen molar-refractivity contribution in [2.24, 2.45) is 11.3 Å². The van der Waals surface area contributed by atoms with Gasteiger partial charge >= 0.3 is 12.0 Å². The summed E-state index contributed by atoms with van der Waals surface area (Å²) in [6.45, 7) is 7.52. The quantitative estimate of drug-likeness (QED) is 0.628. The number of imide groups is 1. The molecule has 2 rings (SSSR count). The summed E-state index contributed by atoms with van der Waals surface area (Å²) in [5.74, 6) is -0.613. The van der Waals surface area contributed by atoms with Crippen LogP contribution in [0.15, 0.2) is 0 Å². The number of nitrogens with zero attached hydrogens (tertiary/aromatic N) is 2. The summed E-state index contributed by atoms with van der Waals surface area (Å²) < 4.78 is 4.82. The molecule has 0 bridgehead atoms. The fourth-order valence-electron chi connectivity index (χ4n) is 3.53. The number of hydrogen-bond acceptors (Lipinski definition) is 5. The molecule has 1 aliphatic carbocycles. The second-order valence-corrected chi connectivity index (χ2v) is 7.81. The van der Waals surface area contributed by atoms with Crippen LogP contribution in [0, 0.1) is 22.7 Å². The lowest BCUT2D eigenvalue weighted by molar-refractivity contribution is -0.150. The number of carbonyl (C=O) groups excluding carboxylic acids is 3. The van der Waals surface area contributed by atoms with Crippen LogP contribution in [-0.2, 0) is 14.3 Å². The van der Waals surface area contributed by atoms with Crippen molar-refractivity contribution >= 4 is 17.9 Å². The molecule has 0 radical (unpaired) electrons. The number of urea groups is 1. The van der Waals surface area contributed by atoms with Crippen molar-refractivity contribution in [3.63, 3.8) is 0 Å². The number of ether oxygens (including phenoxy) is 1. The average molecular weight is 335 g/mol. The normalized spacial score (nSPS) is 28.5. The van der Waals surface area contributed by atoms with Crippen LogP contribution in [0.25, 0.3) is 0 Å². The standard InChI is InChI=1S/C17H25N3O4/c1-11(9-18)24-13(21)10-20-14(22)17(19-15(20)23)7-5-12(6-8-17)16(2,3)4/h11-12H,5-8,10H2,1-4H3,(H,19,23). The van der Waals surface area contributed by atoms with Gasteiger partial charge in [0, 0.05) is 0 Å². The van der Waals surface area contributed by atoms with E-state index in [1.165, 1.54) is 6.92 Å². The lowest BCUT2D eigenvalue weighted by atomic mass is 9.67. The Hall–Kier alpha value is -2.10. The first kappa shape index (κ1) is 18.2. The molecule has 1 unspecified atom stereocenters. The predicted octanol–water partition coefficient (Wildman–Crippen LogP) is 1.97. The number of amides is 3. The summed E-state index contributed by atoms with van der Waals surface area (Å²) in [5, 5.41) is 11.4. The van der Waals surface area contributed by atoms with Gasteiger partial charge in [-0.25, -0.2) is 4.79 Å². The Morgan fingerprint density at radius 3 is 2.50 bits per heavy atom. The van der Waals surface area contributed by atoms with Crippen LogP contribution in [0.2, 0.25) is 0 Å². The summed E-state index contributed by atoms with van der Waals surface area (Å²) in [5.41, 5.74) is -0.718. The molecular weight excluding hydrogens is 310 g/mol. The minimum atomic E-state index is -0.908. The number of hydrogen-bond donors (Lipinski definition) is 1. The van der Waals surface area contributed by atoms with E-state index < -0.39 is 30.2 Å². The SMILES string of the molecule is CC(C#N)OC(=O)CN1C(=O)NC2(CCC(C(C)(C)C)CC2)C1=O. The largest absolute Gasteiger partial charge is 0.446 e. The number of esters is 1. The van der Waals surface area contributed by atoms with Crippen molar-refractivity contribution in [3.05, 3.63) is 0 Å². The fourth-order valence-corrected chi connectivity index (χ4v) is 3.53. The molecule has 2 fully saturated rings. The van der Waals surface area contributed by atoms with Crippen LogP contribution in [0.5, 0.6) is 0 Å². The molecule has 0 aromatic heterocycles. The van der Waals surface area contributed by atoms with Gasteiger partial charge in [0.1, 0.15) is 18.2 Å². The van der Waals surface area contributed by atoms with Gasteiger partial charge in [0.25, 0.3) is 5.91 Å². The van der Waals surface area contributed by atoms with E-state index in [1.54, 1.807) is 6.07 Å². The van der Waals surface area contributed by atoms with E-state index in [9.17, 15) is 14.4 Å². The molecule has 2 aliphatic rings. The molecule has 1 saturated carbocycles. The first-order valence-electron chi connectivity index (χ1n) is 8.32. The molecule has 132 valence electrons. The Bertz CT molecular complexity index is 580. The molecule has 7 heteroatoms. The van der Waals surface area contributed by atoms with E-state index in [0.29, 0.717) is 18.8 Å². The summed E-state index contributed by atoms with van der Waals surface area (Å²) >= 11 is 0. The molecule has 1 aliphatic heterocycles. The monoisotopic (exact) mass is 335 g/mol. The van der Waals surface area contributed by atoms with Gasteiger partial charge in [0.05, 0.1) is 0 Å². The lowest BCUT2D eigenvalue weighted by Gasteiger charge is -2.40. The highest BCUT2D eigenvalue weighted by molar-refractivity contribution is 6.08. The van der Waals surface area contributed by atoms with Crippen molar-refractivity contribution in [1.29, 1.82) is 5.26 Å². The van der Waals surface area contributed by atoms with E-state index in [2.05, 4.69) is 26.1 Å². The third-order valence-electron chi connectivity index (χ3n) is 5.09. The maximum absolute atomic E-state index is 12.7. The minimum Gasteiger partial charge on any atom is -0.446 e. The van der Waals surface area contributed by atoms with Gasteiger partial charge in [-0.15, -0.1) is 0 Å². The van der Waals surface area contributed by atoms with Gasteiger partial charge in [-0.2, -0.15) is 5.26 Å². The first-order chi connectivity index (χ1) is 11.1. The van der Waals surface area contributed by atoms with Crippen molar-refractivity contribution in [3.8, 4) is 6.07 Å². The summed E-state index contributed by atoms with van der Waals surface area (Å²) in [6, 6.07) is 1.21. The Labute approximate surface area is 142 Å². The second kappa shape index (κ2) is 6.42. The fraction of sp³-hybridized carbons (Fsp3) is 0.765. The van der Waals surface area contributed by atoms with Crippen LogP contribution in [0.4, 0.5) is 4.79 Å². The van der Waals surface area contributed by atoms with E-state index in [1.807, 2.05) is 0 Å². The molecule has 1 atom stereocenters. The van der Waals surface area contributed by atoms with Crippen molar-refractivity contribution in [2.75, 3.05) is 6.54 Å². The topological polar surface area (TPSA) is 99.5 Å². The third kappa shape index (κ3) is 3.53. The molecular formula is C17H25N3O4. The highest BCUT2D eigenvalue weighted by atomic mass is 16.5. The van der Waals surface area contributed by atoms with Crippen molar-refractivity contribution < 1.29 is 19.1 Å². The highest BCUT2D eigenvalue weighted by Crippen LogP contribution is 2.43. The predicted molar refractivity (Wildman–Crippen MR) is 85.6 cm³/mol. The zero-order valence-electron chi connectivity index (χ0n) is 14.7. The lowest BCUT2D eigenvalue weighted by Crippen LogP contribution is -2.50. The molecule has 7 nitrogen and oxygen atoms in total. The van der Waals surface area contributed by atoms with E-state index >= 15 is 0 Å². The van der Waals surface area contributed by atoms with E-state index in [0.717, 1.165) is 17.7 Å². The Kier molecular flexibility index (Phi) is 4.88. The maximum Gasteiger partial charge on any atom is 0.327 e. The van der Waals surface area contributed by atoms with Crippen molar-refractivity contribution in [1.82, 2.24) is 10.2 Å². The molecule has 24 heavy (non-hydrogen) atoms. The maximum atomic E-state index is 12.7. The average Bonchev–Trinajstić information content (AvgIpc) is 2.71. The van der Waals surface area contributed by atoms with Crippen molar-refractivity contribution in [2.45, 2.75) is 65.0 Å². The molecule has 0 aromatic carbocycles. The second-order valence-electron chi connectivity index (χ2n) is 7.81. The zero-order valence-corrected chi connectivity index (χ0v) is 14.7. The van der Waals surface area contributed by atoms with E-state index in [-0.39, 0.29) is 11.3 Å². The van der Waals surface area contributed by atoms with Crippen LogP contribution in [0.3, 0.4) is 0 Å². The summed E-state index contributed by atoms with van der Waals surface area (Å²) in [6.07, 6.45) is 1.98. The van der Waals surface area contributed by atoms with Crippen LogP contribution < -0.4 is 5.32 Å². The minimum absolute atomic E-state index is 0.171. The molecule has 1 N–H and O–H groups in total. The van der Waals surface area contributed by atoms with Gasteiger partial charge in [0.2, 0.25) is 0 Å². The van der Waals surface area contributed by atoms with Crippen LogP contribution in [0.1, 0.15) is 53.4 Å². The molecule has 0 aromatic rings. The van der Waals surface area contributed by atoms with Gasteiger partial charge in [0.15, 0.2) is 6.10 Å². The zero-order chi connectivity index (χ0) is 18.1. The van der Waals surface area contributed by atoms with Gasteiger partial charge < -0.3 is 10.1 Å². The summed E-state index contributed by atoms with van der Waals surface area (Å²) in [4.78, 5) is 37.5. The molecule has 1 saturated heterocycles. The Balaban J connectivity index is 2.02. The third-order valence-corrected chi connectivity index (χ3v) is 5.09. The van der Waals surface area contributed by atoms with Gasteiger partial charge in [-0.05, 0) is 43.9 Å². The number of rotatable bonds is 3. The number of carbonyl (C=O) groups is 3. The molecule has 1 heterocycles. The van der Waals surface area contributed by atoms with Gasteiger partial charge in [-0.3, -0.25) is 14.5 Å². The number of nitriles is 1. The summed E-state index contributed by atoms with van der Waals surface area (Å²) in [7, 11) is 0. The molecule has 1 spiro atoms. The van der Waals surface area contributed by atoms with Crippen LogP contribution >= 0.6 is 0 Å². The van der Waals surface area contributed by atoms with Crippen LogP contribution in [-0.4, -0.2) is 41.0 Å². The Morgan fingerprint density at radius 1 is 1.42 bits per heavy atom. The first-order valence-corrected chi connectivity index (χ1v) is 8.32. The Morgan fingerprint density at radius 2 is 2.00 bits per heavy atom. The van der Waals surface area contributed by atoms with E-state index in [4.69, 9.17) is 10.00 Å². The molecule has 3 amide bonds.